The monoisotopic (exact) mass is 308 g/mol. The SMILES string of the molecule is CN1CCN(c2nccn3cnnc23)C(Cc2ccccc2)C1. The standard InChI is InChI=1S/C17H20N6/c1-21-9-10-23(15(12-21)11-14-5-3-2-4-6-14)16-17-20-19-13-22(17)8-7-18-16/h2-8,13,15H,9-12H2,1H3. The van der Waals surface area contributed by atoms with Gasteiger partial charge in [0, 0.05) is 38.1 Å². The fourth-order valence-corrected chi connectivity index (χ4v) is 3.30. The first-order valence-corrected chi connectivity index (χ1v) is 7.95. The van der Waals surface area contributed by atoms with Crippen LogP contribution in [0.2, 0.25) is 0 Å². The number of aromatic nitrogens is 4. The maximum Gasteiger partial charge on any atom is 0.203 e. The second-order valence-electron chi connectivity index (χ2n) is 6.11. The molecule has 6 nitrogen and oxygen atoms in total. The van der Waals surface area contributed by atoms with Gasteiger partial charge in [-0.15, -0.1) is 10.2 Å². The summed E-state index contributed by atoms with van der Waals surface area (Å²) in [5.41, 5.74) is 2.18. The van der Waals surface area contributed by atoms with Crippen LogP contribution in [0.1, 0.15) is 5.56 Å². The van der Waals surface area contributed by atoms with Crippen LogP contribution in [0.15, 0.2) is 49.1 Å². The highest BCUT2D eigenvalue weighted by atomic mass is 15.3. The summed E-state index contributed by atoms with van der Waals surface area (Å²) in [4.78, 5) is 9.37. The van der Waals surface area contributed by atoms with Crippen molar-refractivity contribution in [1.82, 2.24) is 24.5 Å². The Bertz CT molecular complexity index is 784. The van der Waals surface area contributed by atoms with Crippen LogP contribution < -0.4 is 4.90 Å². The predicted octanol–water partition coefficient (Wildman–Crippen LogP) is 1.49. The average molecular weight is 308 g/mol. The van der Waals surface area contributed by atoms with Crippen molar-refractivity contribution in [2.24, 2.45) is 0 Å². The molecule has 1 aliphatic rings. The van der Waals surface area contributed by atoms with E-state index in [1.54, 1.807) is 6.33 Å². The van der Waals surface area contributed by atoms with E-state index in [9.17, 15) is 0 Å². The molecule has 0 radical (unpaired) electrons. The van der Waals surface area contributed by atoms with Gasteiger partial charge in [-0.3, -0.25) is 4.40 Å². The summed E-state index contributed by atoms with van der Waals surface area (Å²) in [6.45, 7) is 3.00. The van der Waals surface area contributed by atoms with Crippen LogP contribution in [0.4, 0.5) is 5.82 Å². The topological polar surface area (TPSA) is 49.6 Å². The molecule has 0 N–H and O–H groups in total. The number of hydrogen-bond donors (Lipinski definition) is 0. The summed E-state index contributed by atoms with van der Waals surface area (Å²) >= 11 is 0. The number of nitrogens with zero attached hydrogens (tertiary/aromatic N) is 6. The van der Waals surface area contributed by atoms with Crippen molar-refractivity contribution in [2.75, 3.05) is 31.6 Å². The lowest BCUT2D eigenvalue weighted by Gasteiger charge is -2.40. The largest absolute Gasteiger partial charge is 0.348 e. The van der Waals surface area contributed by atoms with E-state index in [0.717, 1.165) is 37.5 Å². The van der Waals surface area contributed by atoms with Crippen molar-refractivity contribution >= 4 is 11.5 Å². The smallest absolute Gasteiger partial charge is 0.203 e. The molecule has 0 spiro atoms. The van der Waals surface area contributed by atoms with Crippen molar-refractivity contribution in [1.29, 1.82) is 0 Å². The minimum absolute atomic E-state index is 0.381. The van der Waals surface area contributed by atoms with Crippen molar-refractivity contribution in [3.63, 3.8) is 0 Å². The van der Waals surface area contributed by atoms with E-state index in [-0.39, 0.29) is 0 Å². The zero-order valence-electron chi connectivity index (χ0n) is 13.2. The molecule has 1 aliphatic heterocycles. The third-order valence-corrected chi connectivity index (χ3v) is 4.47. The van der Waals surface area contributed by atoms with Gasteiger partial charge in [0.1, 0.15) is 6.33 Å². The summed E-state index contributed by atoms with van der Waals surface area (Å²) in [7, 11) is 2.18. The van der Waals surface area contributed by atoms with Gasteiger partial charge in [0.15, 0.2) is 5.82 Å². The molecule has 4 rings (SSSR count). The molecular weight excluding hydrogens is 288 g/mol. The summed E-state index contributed by atoms with van der Waals surface area (Å²) in [6.07, 6.45) is 6.44. The Labute approximate surface area is 135 Å². The molecule has 3 heterocycles. The first kappa shape index (κ1) is 14.1. The summed E-state index contributed by atoms with van der Waals surface area (Å²) < 4.78 is 1.93. The molecule has 23 heavy (non-hydrogen) atoms. The first-order chi connectivity index (χ1) is 11.3. The lowest BCUT2D eigenvalue weighted by molar-refractivity contribution is 0.265. The molecule has 118 valence electrons. The quantitative estimate of drug-likeness (QED) is 0.734. The van der Waals surface area contributed by atoms with E-state index < -0.39 is 0 Å². The van der Waals surface area contributed by atoms with E-state index in [4.69, 9.17) is 0 Å². The second-order valence-corrected chi connectivity index (χ2v) is 6.11. The van der Waals surface area contributed by atoms with Crippen LogP contribution in [-0.2, 0) is 6.42 Å². The predicted molar refractivity (Wildman–Crippen MR) is 89.6 cm³/mol. The van der Waals surface area contributed by atoms with Crippen LogP contribution in [0, 0.1) is 0 Å². The Kier molecular flexibility index (Phi) is 3.67. The van der Waals surface area contributed by atoms with Gasteiger partial charge in [-0.05, 0) is 19.0 Å². The summed E-state index contributed by atoms with van der Waals surface area (Å²) in [5, 5.41) is 8.27. The van der Waals surface area contributed by atoms with E-state index >= 15 is 0 Å². The number of fused-ring (bicyclic) bond motifs is 1. The Morgan fingerprint density at radius 1 is 1.17 bits per heavy atom. The third kappa shape index (κ3) is 2.77. The highest BCUT2D eigenvalue weighted by Gasteiger charge is 2.28. The number of piperazine rings is 1. The molecule has 1 saturated heterocycles. The van der Waals surface area contributed by atoms with Gasteiger partial charge in [-0.25, -0.2) is 4.98 Å². The molecule has 6 heteroatoms. The molecule has 0 amide bonds. The lowest BCUT2D eigenvalue weighted by atomic mass is 10.0. The molecular formula is C17H20N6. The Morgan fingerprint density at radius 3 is 2.91 bits per heavy atom. The molecule has 0 bridgehead atoms. The maximum absolute atomic E-state index is 4.60. The van der Waals surface area contributed by atoms with Gasteiger partial charge in [0.05, 0.1) is 0 Å². The normalized spacial score (nSPS) is 19.3. The molecule has 0 aliphatic carbocycles. The van der Waals surface area contributed by atoms with Crippen molar-refractivity contribution in [3.8, 4) is 0 Å². The van der Waals surface area contributed by atoms with Gasteiger partial charge in [-0.2, -0.15) is 0 Å². The summed E-state index contributed by atoms with van der Waals surface area (Å²) in [5.74, 6) is 0.930. The molecule has 1 fully saturated rings. The highest BCUT2D eigenvalue weighted by Crippen LogP contribution is 2.23. The maximum atomic E-state index is 4.60. The van der Waals surface area contributed by atoms with Crippen molar-refractivity contribution in [3.05, 3.63) is 54.6 Å². The minimum atomic E-state index is 0.381. The van der Waals surface area contributed by atoms with Gasteiger partial charge in [0.2, 0.25) is 5.65 Å². The highest BCUT2D eigenvalue weighted by molar-refractivity contribution is 5.64. The first-order valence-electron chi connectivity index (χ1n) is 7.95. The van der Waals surface area contributed by atoms with Gasteiger partial charge in [-0.1, -0.05) is 30.3 Å². The summed E-state index contributed by atoms with van der Waals surface area (Å²) in [6, 6.07) is 11.0. The number of anilines is 1. The number of hydrogen-bond acceptors (Lipinski definition) is 5. The van der Waals surface area contributed by atoms with Crippen LogP contribution >= 0.6 is 0 Å². The molecule has 1 aromatic carbocycles. The fraction of sp³-hybridized carbons (Fsp3) is 0.353. The van der Waals surface area contributed by atoms with Crippen LogP contribution in [0.3, 0.4) is 0 Å². The Balaban J connectivity index is 1.68. The molecule has 2 aromatic heterocycles. The van der Waals surface area contributed by atoms with Crippen molar-refractivity contribution in [2.45, 2.75) is 12.5 Å². The van der Waals surface area contributed by atoms with Crippen LogP contribution in [0.25, 0.3) is 5.65 Å². The van der Waals surface area contributed by atoms with E-state index in [2.05, 4.69) is 62.4 Å². The van der Waals surface area contributed by atoms with Crippen LogP contribution in [0.5, 0.6) is 0 Å². The zero-order chi connectivity index (χ0) is 15.6. The van der Waals surface area contributed by atoms with Gasteiger partial charge < -0.3 is 9.80 Å². The fourth-order valence-electron chi connectivity index (χ4n) is 3.30. The average Bonchev–Trinajstić information content (AvgIpc) is 3.05. The van der Waals surface area contributed by atoms with Gasteiger partial charge in [0.25, 0.3) is 0 Å². The Morgan fingerprint density at radius 2 is 2.04 bits per heavy atom. The number of rotatable bonds is 3. The van der Waals surface area contributed by atoms with E-state index in [1.165, 1.54) is 5.56 Å². The van der Waals surface area contributed by atoms with Crippen molar-refractivity contribution < 1.29 is 0 Å². The van der Waals surface area contributed by atoms with Gasteiger partial charge >= 0.3 is 0 Å². The zero-order valence-corrected chi connectivity index (χ0v) is 13.2. The Hall–Kier alpha value is -2.47. The van der Waals surface area contributed by atoms with E-state index in [0.29, 0.717) is 6.04 Å². The lowest BCUT2D eigenvalue weighted by Crippen LogP contribution is -2.53. The molecule has 0 saturated carbocycles. The second kappa shape index (κ2) is 5.96. The number of benzene rings is 1. The molecule has 1 unspecified atom stereocenters. The minimum Gasteiger partial charge on any atom is -0.348 e. The van der Waals surface area contributed by atoms with Crippen LogP contribution in [-0.4, -0.2) is 57.2 Å². The molecule has 1 atom stereocenters. The van der Waals surface area contributed by atoms with E-state index in [1.807, 2.05) is 16.8 Å². The number of likely N-dealkylation sites (N-methyl/N-ethyl adjacent to an activating group) is 1. The molecule has 3 aromatic rings. The third-order valence-electron chi connectivity index (χ3n) is 4.47.